The van der Waals surface area contributed by atoms with Crippen molar-refractivity contribution in [1.82, 2.24) is 0 Å². The van der Waals surface area contributed by atoms with Crippen molar-refractivity contribution >= 4 is 23.9 Å². The van der Waals surface area contributed by atoms with E-state index in [0.717, 1.165) is 0 Å². The summed E-state index contributed by atoms with van der Waals surface area (Å²) in [5.74, 6) is -2.11. The van der Waals surface area contributed by atoms with E-state index >= 15 is 0 Å². The van der Waals surface area contributed by atoms with Crippen molar-refractivity contribution in [2.75, 3.05) is 0 Å². The van der Waals surface area contributed by atoms with E-state index < -0.39 is 54.6 Å². The molecule has 0 spiro atoms. The molecule has 0 aromatic rings. The Hall–Kier alpha value is -2.16. The standard InChI is InChI=1S/C22H36O9/c1-6-10-15(23)28-19-14(5)27-22(31-18(26)13-9-4)21(30-17(25)12-8-3)20(19)29-16(24)11-7-2/h14,19-22H,6-13H2,1-5H3/t14-,19+,20+,21-,22-/m0/s1. The van der Waals surface area contributed by atoms with E-state index in [1.807, 2.05) is 27.7 Å². The van der Waals surface area contributed by atoms with Crippen LogP contribution in [0.4, 0.5) is 0 Å². The summed E-state index contributed by atoms with van der Waals surface area (Å²) in [4.78, 5) is 48.9. The molecule has 0 bridgehead atoms. The SMILES string of the molecule is CCCC(=O)O[C@@H]1O[C@@H](C)[C@@H](OC(=O)CCC)[C@@H](OC(=O)CCC)[C@@H]1OC(=O)CCC. The Morgan fingerprint density at radius 2 is 0.935 bits per heavy atom. The Bertz CT molecular complexity index is 604. The third-order valence-electron chi connectivity index (χ3n) is 4.59. The second-order valence-corrected chi connectivity index (χ2v) is 7.56. The quantitative estimate of drug-likeness (QED) is 0.330. The van der Waals surface area contributed by atoms with Gasteiger partial charge < -0.3 is 23.7 Å². The van der Waals surface area contributed by atoms with Crippen LogP contribution in [0.3, 0.4) is 0 Å². The third kappa shape index (κ3) is 8.85. The van der Waals surface area contributed by atoms with Crippen molar-refractivity contribution in [2.24, 2.45) is 0 Å². The molecule has 1 aliphatic heterocycles. The fourth-order valence-corrected chi connectivity index (χ4v) is 3.13. The second-order valence-electron chi connectivity index (χ2n) is 7.56. The number of esters is 4. The second kappa shape index (κ2) is 14.0. The molecule has 0 aromatic heterocycles. The summed E-state index contributed by atoms with van der Waals surface area (Å²) in [5, 5.41) is 0. The van der Waals surface area contributed by atoms with E-state index in [4.69, 9.17) is 23.7 Å². The Balaban J connectivity index is 3.24. The van der Waals surface area contributed by atoms with E-state index in [0.29, 0.717) is 25.7 Å². The molecular formula is C22H36O9. The van der Waals surface area contributed by atoms with Gasteiger partial charge in [0, 0.05) is 25.7 Å². The van der Waals surface area contributed by atoms with Crippen LogP contribution in [0.25, 0.3) is 0 Å². The molecule has 31 heavy (non-hydrogen) atoms. The zero-order valence-electron chi connectivity index (χ0n) is 19.2. The molecule has 0 N–H and O–H groups in total. The van der Waals surface area contributed by atoms with Crippen LogP contribution < -0.4 is 0 Å². The first-order chi connectivity index (χ1) is 14.8. The Kier molecular flexibility index (Phi) is 12.1. The van der Waals surface area contributed by atoms with Crippen molar-refractivity contribution < 1.29 is 42.9 Å². The number of rotatable bonds is 12. The van der Waals surface area contributed by atoms with Gasteiger partial charge in [0.25, 0.3) is 0 Å². The van der Waals surface area contributed by atoms with E-state index in [1.54, 1.807) is 6.92 Å². The van der Waals surface area contributed by atoms with Crippen molar-refractivity contribution in [3.8, 4) is 0 Å². The number of hydrogen-bond acceptors (Lipinski definition) is 9. The van der Waals surface area contributed by atoms with Crippen LogP contribution >= 0.6 is 0 Å². The molecule has 0 radical (unpaired) electrons. The van der Waals surface area contributed by atoms with Crippen LogP contribution in [0.1, 0.15) is 86.0 Å². The topological polar surface area (TPSA) is 114 Å². The molecule has 0 aromatic carbocycles. The number of carbonyl (C=O) groups is 4. The molecule has 1 heterocycles. The fourth-order valence-electron chi connectivity index (χ4n) is 3.13. The Morgan fingerprint density at radius 1 is 0.581 bits per heavy atom. The summed E-state index contributed by atoms with van der Waals surface area (Å²) in [7, 11) is 0. The first-order valence-electron chi connectivity index (χ1n) is 11.2. The average Bonchev–Trinajstić information content (AvgIpc) is 2.68. The zero-order chi connectivity index (χ0) is 23.4. The van der Waals surface area contributed by atoms with E-state index in [2.05, 4.69) is 0 Å². The van der Waals surface area contributed by atoms with Crippen molar-refractivity contribution in [3.63, 3.8) is 0 Å². The van der Waals surface area contributed by atoms with Gasteiger partial charge in [0.1, 0.15) is 0 Å². The Morgan fingerprint density at radius 3 is 1.35 bits per heavy atom. The third-order valence-corrected chi connectivity index (χ3v) is 4.59. The number of ether oxygens (including phenoxy) is 5. The smallest absolute Gasteiger partial charge is 0.308 e. The largest absolute Gasteiger partial charge is 0.455 e. The first kappa shape index (κ1) is 26.9. The minimum atomic E-state index is -1.28. The van der Waals surface area contributed by atoms with Gasteiger partial charge in [0.2, 0.25) is 12.4 Å². The molecule has 0 unspecified atom stereocenters. The lowest BCUT2D eigenvalue weighted by atomic mass is 9.98. The van der Waals surface area contributed by atoms with E-state index in [-0.39, 0.29) is 25.7 Å². The summed E-state index contributed by atoms with van der Waals surface area (Å²) >= 11 is 0. The van der Waals surface area contributed by atoms with Gasteiger partial charge in [0.05, 0.1) is 6.10 Å². The molecule has 0 amide bonds. The van der Waals surface area contributed by atoms with Gasteiger partial charge in [-0.15, -0.1) is 0 Å². The lowest BCUT2D eigenvalue weighted by Gasteiger charge is -2.43. The van der Waals surface area contributed by atoms with E-state index in [9.17, 15) is 19.2 Å². The van der Waals surface area contributed by atoms with Gasteiger partial charge in [-0.05, 0) is 32.6 Å². The van der Waals surface area contributed by atoms with Gasteiger partial charge in [0.15, 0.2) is 12.2 Å². The van der Waals surface area contributed by atoms with Gasteiger partial charge in [-0.1, -0.05) is 27.7 Å². The van der Waals surface area contributed by atoms with Crippen molar-refractivity contribution in [2.45, 2.75) is 117 Å². The maximum atomic E-state index is 12.3. The summed E-state index contributed by atoms with van der Waals surface area (Å²) < 4.78 is 27.8. The molecule has 5 atom stereocenters. The van der Waals surface area contributed by atoms with Gasteiger partial charge >= 0.3 is 23.9 Å². The number of carbonyl (C=O) groups excluding carboxylic acids is 4. The fraction of sp³-hybridized carbons (Fsp3) is 0.818. The minimum absolute atomic E-state index is 0.123. The monoisotopic (exact) mass is 444 g/mol. The van der Waals surface area contributed by atoms with Crippen LogP contribution in [-0.4, -0.2) is 54.6 Å². The summed E-state index contributed by atoms with van der Waals surface area (Å²) in [6.07, 6.45) is -2.66. The normalized spacial score (nSPS) is 25.4. The van der Waals surface area contributed by atoms with Crippen LogP contribution in [0.15, 0.2) is 0 Å². The molecule has 1 rings (SSSR count). The molecule has 0 aliphatic carbocycles. The molecule has 9 heteroatoms. The van der Waals surface area contributed by atoms with Crippen molar-refractivity contribution in [3.05, 3.63) is 0 Å². The summed E-state index contributed by atoms with van der Waals surface area (Å²) in [6.45, 7) is 8.91. The molecule has 1 fully saturated rings. The number of hydrogen-bond donors (Lipinski definition) is 0. The lowest BCUT2D eigenvalue weighted by Crippen LogP contribution is -2.61. The maximum Gasteiger partial charge on any atom is 0.308 e. The van der Waals surface area contributed by atoms with Crippen LogP contribution in [0.5, 0.6) is 0 Å². The first-order valence-corrected chi connectivity index (χ1v) is 11.2. The minimum Gasteiger partial charge on any atom is -0.455 e. The highest BCUT2D eigenvalue weighted by Gasteiger charge is 2.52. The predicted molar refractivity (Wildman–Crippen MR) is 110 cm³/mol. The molecular weight excluding hydrogens is 408 g/mol. The zero-order valence-corrected chi connectivity index (χ0v) is 19.2. The molecule has 1 saturated heterocycles. The Labute approximate surface area is 184 Å². The molecule has 1 aliphatic rings. The molecule has 9 nitrogen and oxygen atoms in total. The summed E-state index contributed by atoms with van der Waals surface area (Å²) in [5.41, 5.74) is 0. The van der Waals surface area contributed by atoms with Crippen LogP contribution in [0, 0.1) is 0 Å². The summed E-state index contributed by atoms with van der Waals surface area (Å²) in [6, 6.07) is 0. The molecule has 178 valence electrons. The van der Waals surface area contributed by atoms with Gasteiger partial charge in [-0.25, -0.2) is 0 Å². The van der Waals surface area contributed by atoms with Gasteiger partial charge in [-0.2, -0.15) is 0 Å². The average molecular weight is 445 g/mol. The highest BCUT2D eigenvalue weighted by atomic mass is 16.7. The van der Waals surface area contributed by atoms with E-state index in [1.165, 1.54) is 0 Å². The van der Waals surface area contributed by atoms with Crippen molar-refractivity contribution in [1.29, 1.82) is 0 Å². The van der Waals surface area contributed by atoms with Crippen LogP contribution in [-0.2, 0) is 42.9 Å². The maximum absolute atomic E-state index is 12.3. The van der Waals surface area contributed by atoms with Crippen LogP contribution in [0.2, 0.25) is 0 Å². The highest BCUT2D eigenvalue weighted by Crippen LogP contribution is 2.30. The highest BCUT2D eigenvalue weighted by molar-refractivity contribution is 5.72. The molecule has 0 saturated carbocycles. The lowest BCUT2D eigenvalue weighted by molar-refractivity contribution is -0.294. The van der Waals surface area contributed by atoms with Gasteiger partial charge in [-0.3, -0.25) is 19.2 Å². The predicted octanol–water partition coefficient (Wildman–Crippen LogP) is 3.21.